The van der Waals surface area contributed by atoms with Crippen LogP contribution in [-0.4, -0.2) is 4.98 Å². The fourth-order valence-corrected chi connectivity index (χ4v) is 2.04. The van der Waals surface area contributed by atoms with E-state index in [9.17, 15) is 8.78 Å². The summed E-state index contributed by atoms with van der Waals surface area (Å²) in [6.07, 6.45) is 0. The van der Waals surface area contributed by atoms with Crippen LogP contribution in [0.25, 0.3) is 10.9 Å². The smallest absolute Gasteiger partial charge is 0.224 e. The molecule has 0 fully saturated rings. The Hall–Kier alpha value is -2.53. The van der Waals surface area contributed by atoms with Crippen LogP contribution < -0.4 is 10.5 Å². The molecule has 2 N–H and O–H groups in total. The molecule has 0 amide bonds. The van der Waals surface area contributed by atoms with E-state index in [1.54, 1.807) is 0 Å². The van der Waals surface area contributed by atoms with E-state index in [0.29, 0.717) is 11.1 Å². The summed E-state index contributed by atoms with van der Waals surface area (Å²) in [7, 11) is 0. The maximum Gasteiger partial charge on any atom is 0.224 e. The maximum absolute atomic E-state index is 13.7. The molecule has 106 valence electrons. The molecule has 1 aromatic heterocycles. The highest BCUT2D eigenvalue weighted by molar-refractivity contribution is 5.80. The summed E-state index contributed by atoms with van der Waals surface area (Å²) >= 11 is 0. The van der Waals surface area contributed by atoms with Crippen LogP contribution in [0.3, 0.4) is 0 Å². The van der Waals surface area contributed by atoms with E-state index < -0.39 is 11.6 Å². The van der Waals surface area contributed by atoms with Crippen molar-refractivity contribution in [3.05, 3.63) is 65.7 Å². The summed E-state index contributed by atoms with van der Waals surface area (Å²) in [4.78, 5) is 4.32. The second kappa shape index (κ2) is 5.46. The van der Waals surface area contributed by atoms with Gasteiger partial charge < -0.3 is 10.5 Å². The number of benzene rings is 2. The topological polar surface area (TPSA) is 48.1 Å². The number of aromatic nitrogens is 1. The highest BCUT2D eigenvalue weighted by atomic mass is 19.2. The first kappa shape index (κ1) is 13.5. The summed E-state index contributed by atoms with van der Waals surface area (Å²) in [6.45, 7) is 0.185. The van der Waals surface area contributed by atoms with Gasteiger partial charge in [-0.1, -0.05) is 24.3 Å². The summed E-state index contributed by atoms with van der Waals surface area (Å²) in [5, 5.41) is 0.907. The molecule has 0 aliphatic carbocycles. The standard InChI is InChI=1S/C16H12F2N2O/c17-12-5-3-7-14(15(12)18)21-16-11(9-19)8-10-4-1-2-6-13(10)20-16/h1-8H,9,19H2. The number of nitrogens with zero attached hydrogens (tertiary/aromatic N) is 1. The van der Waals surface area contributed by atoms with Crippen LogP contribution >= 0.6 is 0 Å². The van der Waals surface area contributed by atoms with Crippen LogP contribution in [-0.2, 0) is 6.54 Å². The average Bonchev–Trinajstić information content (AvgIpc) is 2.51. The predicted molar refractivity (Wildman–Crippen MR) is 76.1 cm³/mol. The molecule has 0 spiro atoms. The zero-order valence-electron chi connectivity index (χ0n) is 11.0. The molecule has 0 radical (unpaired) electrons. The van der Waals surface area contributed by atoms with Crippen molar-refractivity contribution in [3.63, 3.8) is 0 Å². The van der Waals surface area contributed by atoms with Crippen molar-refractivity contribution in [2.45, 2.75) is 6.54 Å². The first-order valence-electron chi connectivity index (χ1n) is 6.39. The number of fused-ring (bicyclic) bond motifs is 1. The molecule has 3 aromatic rings. The van der Waals surface area contributed by atoms with Crippen molar-refractivity contribution in [2.24, 2.45) is 5.73 Å². The number of pyridine rings is 1. The average molecular weight is 286 g/mol. The van der Waals surface area contributed by atoms with Crippen molar-refractivity contribution >= 4 is 10.9 Å². The van der Waals surface area contributed by atoms with E-state index in [0.717, 1.165) is 11.5 Å². The molecule has 0 unspecified atom stereocenters. The van der Waals surface area contributed by atoms with Gasteiger partial charge in [-0.25, -0.2) is 9.37 Å². The Morgan fingerprint density at radius 2 is 1.86 bits per heavy atom. The molecule has 0 aliphatic rings. The molecule has 0 aliphatic heterocycles. The summed E-state index contributed by atoms with van der Waals surface area (Å²) < 4.78 is 32.3. The van der Waals surface area contributed by atoms with Gasteiger partial charge >= 0.3 is 0 Å². The van der Waals surface area contributed by atoms with E-state index in [-0.39, 0.29) is 18.2 Å². The van der Waals surface area contributed by atoms with E-state index in [1.807, 2.05) is 30.3 Å². The van der Waals surface area contributed by atoms with Crippen LogP contribution in [0.2, 0.25) is 0 Å². The first-order chi connectivity index (χ1) is 10.2. The molecular weight excluding hydrogens is 274 g/mol. The highest BCUT2D eigenvalue weighted by Crippen LogP contribution is 2.29. The van der Waals surface area contributed by atoms with Gasteiger partial charge in [-0.05, 0) is 24.3 Å². The van der Waals surface area contributed by atoms with Crippen LogP contribution in [0.1, 0.15) is 5.56 Å². The molecule has 0 saturated carbocycles. The lowest BCUT2D eigenvalue weighted by molar-refractivity contribution is 0.403. The SMILES string of the molecule is NCc1cc2ccccc2nc1Oc1cccc(F)c1F. The second-order valence-corrected chi connectivity index (χ2v) is 4.50. The Kier molecular flexibility index (Phi) is 3.50. The van der Waals surface area contributed by atoms with Crippen LogP contribution in [0.5, 0.6) is 11.6 Å². The van der Waals surface area contributed by atoms with Gasteiger partial charge in [-0.3, -0.25) is 0 Å². The lowest BCUT2D eigenvalue weighted by Crippen LogP contribution is -2.03. The highest BCUT2D eigenvalue weighted by Gasteiger charge is 2.13. The van der Waals surface area contributed by atoms with Crippen molar-refractivity contribution in [1.29, 1.82) is 0 Å². The molecular formula is C16H12F2N2O. The zero-order valence-corrected chi connectivity index (χ0v) is 11.0. The van der Waals surface area contributed by atoms with Gasteiger partial charge in [0.2, 0.25) is 11.7 Å². The van der Waals surface area contributed by atoms with Gasteiger partial charge in [0.1, 0.15) is 0 Å². The van der Waals surface area contributed by atoms with Crippen LogP contribution in [0, 0.1) is 11.6 Å². The molecule has 2 aromatic carbocycles. The van der Waals surface area contributed by atoms with Gasteiger partial charge in [0.05, 0.1) is 5.52 Å². The minimum absolute atomic E-state index is 0.181. The van der Waals surface area contributed by atoms with Gasteiger partial charge in [0.15, 0.2) is 11.6 Å². The van der Waals surface area contributed by atoms with Crippen molar-refractivity contribution in [2.75, 3.05) is 0 Å². The Morgan fingerprint density at radius 1 is 1.05 bits per heavy atom. The molecule has 5 heteroatoms. The molecule has 3 rings (SSSR count). The Morgan fingerprint density at radius 3 is 2.67 bits per heavy atom. The Balaban J connectivity index is 2.09. The number of ether oxygens (including phenoxy) is 1. The van der Waals surface area contributed by atoms with Crippen molar-refractivity contribution in [1.82, 2.24) is 4.98 Å². The number of para-hydroxylation sites is 1. The van der Waals surface area contributed by atoms with Crippen molar-refractivity contribution < 1.29 is 13.5 Å². The van der Waals surface area contributed by atoms with Gasteiger partial charge in [-0.2, -0.15) is 4.39 Å². The molecule has 0 atom stereocenters. The Bertz CT molecular complexity index is 805. The van der Waals surface area contributed by atoms with E-state index >= 15 is 0 Å². The van der Waals surface area contributed by atoms with E-state index in [1.165, 1.54) is 12.1 Å². The van der Waals surface area contributed by atoms with E-state index in [2.05, 4.69) is 4.98 Å². The third-order valence-corrected chi connectivity index (χ3v) is 3.11. The number of rotatable bonds is 3. The summed E-state index contributed by atoms with van der Waals surface area (Å²) in [5.74, 6) is -2.05. The van der Waals surface area contributed by atoms with Gasteiger partial charge in [0.25, 0.3) is 0 Å². The van der Waals surface area contributed by atoms with Crippen LogP contribution in [0.15, 0.2) is 48.5 Å². The minimum atomic E-state index is -1.05. The van der Waals surface area contributed by atoms with Crippen LogP contribution in [0.4, 0.5) is 8.78 Å². The lowest BCUT2D eigenvalue weighted by atomic mass is 10.1. The van der Waals surface area contributed by atoms with Gasteiger partial charge in [-0.15, -0.1) is 0 Å². The molecule has 1 heterocycles. The fraction of sp³-hybridized carbons (Fsp3) is 0.0625. The first-order valence-corrected chi connectivity index (χ1v) is 6.39. The summed E-state index contributed by atoms with van der Waals surface area (Å²) in [5.41, 5.74) is 6.99. The third-order valence-electron chi connectivity index (χ3n) is 3.11. The normalized spacial score (nSPS) is 10.8. The maximum atomic E-state index is 13.7. The lowest BCUT2D eigenvalue weighted by Gasteiger charge is -2.11. The van der Waals surface area contributed by atoms with Crippen molar-refractivity contribution in [3.8, 4) is 11.6 Å². The quantitative estimate of drug-likeness (QED) is 0.797. The zero-order chi connectivity index (χ0) is 14.8. The predicted octanol–water partition coefficient (Wildman–Crippen LogP) is 3.76. The summed E-state index contributed by atoms with van der Waals surface area (Å²) in [6, 6.07) is 13.0. The number of hydrogen-bond donors (Lipinski definition) is 1. The van der Waals surface area contributed by atoms with Gasteiger partial charge in [0, 0.05) is 17.5 Å². The molecule has 0 saturated heterocycles. The van der Waals surface area contributed by atoms with E-state index in [4.69, 9.17) is 10.5 Å². The Labute approximate surface area is 120 Å². The third kappa shape index (κ3) is 2.55. The molecule has 3 nitrogen and oxygen atoms in total. The minimum Gasteiger partial charge on any atom is -0.435 e. The second-order valence-electron chi connectivity index (χ2n) is 4.50. The number of hydrogen-bond acceptors (Lipinski definition) is 3. The fourth-order valence-electron chi connectivity index (χ4n) is 2.04. The number of nitrogens with two attached hydrogens (primary N) is 1. The monoisotopic (exact) mass is 286 g/mol. The number of halogens is 2. The molecule has 21 heavy (non-hydrogen) atoms. The largest absolute Gasteiger partial charge is 0.435 e. The molecule has 0 bridgehead atoms.